The van der Waals surface area contributed by atoms with Crippen molar-refractivity contribution in [3.63, 3.8) is 0 Å². The summed E-state index contributed by atoms with van der Waals surface area (Å²) in [7, 11) is 0. The minimum absolute atomic E-state index is 0.0744. The molecule has 1 aliphatic heterocycles. The molecule has 1 heterocycles. The number of aromatic carboxylic acids is 1. The fourth-order valence-electron chi connectivity index (χ4n) is 3.98. The van der Waals surface area contributed by atoms with Crippen LogP contribution >= 0.6 is 0 Å². The van der Waals surface area contributed by atoms with E-state index in [0.29, 0.717) is 6.54 Å². The Bertz CT molecular complexity index is 1050. The van der Waals surface area contributed by atoms with Gasteiger partial charge in [0, 0.05) is 0 Å². The normalized spacial score (nSPS) is 15.8. The van der Waals surface area contributed by atoms with Gasteiger partial charge in [-0.1, -0.05) is 0 Å². The van der Waals surface area contributed by atoms with Crippen LogP contribution in [0.4, 0.5) is 0 Å². The van der Waals surface area contributed by atoms with Crippen molar-refractivity contribution in [2.45, 2.75) is 45.4 Å². The molecule has 0 aromatic heterocycles. The molecular weight excluding hydrogens is 573 g/mol. The number of nitrogens with zero attached hydrogens (tertiary/aromatic N) is 1. The molecule has 0 amide bonds. The second-order valence-electron chi connectivity index (χ2n) is 8.59. The number of rotatable bonds is 11. The van der Waals surface area contributed by atoms with Crippen molar-refractivity contribution < 1.29 is 33.5 Å². The zero-order chi connectivity index (χ0) is 26.0. The number of hydrogen-bond donors (Lipinski definition) is 1. The molecule has 10 heteroatoms. The van der Waals surface area contributed by atoms with Gasteiger partial charge in [0.15, 0.2) is 0 Å². The Balaban J connectivity index is 1.86. The van der Waals surface area contributed by atoms with E-state index in [9.17, 15) is 24.3 Å². The summed E-state index contributed by atoms with van der Waals surface area (Å²) in [5, 5.41) is 9.74. The maximum atomic E-state index is 13.0. The summed E-state index contributed by atoms with van der Waals surface area (Å²) in [6.45, 7) is 2.27. The molecule has 1 N–H and O–H groups in total. The summed E-state index contributed by atoms with van der Waals surface area (Å²) in [4.78, 5) is 52.5. The van der Waals surface area contributed by atoms with Gasteiger partial charge in [-0.3, -0.25) is 0 Å². The molecule has 1 saturated heterocycles. The first-order valence-electron chi connectivity index (χ1n) is 12.1. The molecule has 2 aromatic rings. The van der Waals surface area contributed by atoms with Crippen LogP contribution in [0, 0.1) is 0 Å². The molecule has 3 rings (SSSR count). The van der Waals surface area contributed by atoms with Crippen molar-refractivity contribution in [3.05, 3.63) is 65.7 Å². The van der Waals surface area contributed by atoms with Crippen LogP contribution in [0.1, 0.15) is 66.2 Å². The third kappa shape index (κ3) is 7.54. The van der Waals surface area contributed by atoms with E-state index < -0.39 is 43.5 Å². The zero-order valence-electron chi connectivity index (χ0n) is 20.3. The molecule has 0 spiro atoms. The third-order valence-corrected chi connectivity index (χ3v) is 13.0. The Labute approximate surface area is 215 Å². The summed E-state index contributed by atoms with van der Waals surface area (Å²) in [5.74, 6) is -3.65. The van der Waals surface area contributed by atoms with Crippen molar-refractivity contribution >= 4 is 47.1 Å². The molecule has 0 unspecified atom stereocenters. The fourth-order valence-corrected chi connectivity index (χ4v) is 10.7. The van der Waals surface area contributed by atoms with Crippen LogP contribution < -0.4 is 3.58 Å². The van der Waals surface area contributed by atoms with Crippen LogP contribution in [0.2, 0.25) is 0 Å². The van der Waals surface area contributed by atoms with E-state index >= 15 is 0 Å². The Kier molecular flexibility index (Phi) is 10.3. The minimum atomic E-state index is -5.67. The molecule has 0 aliphatic carbocycles. The number of benzene rings is 2. The summed E-state index contributed by atoms with van der Waals surface area (Å²) in [5.41, 5.74) is -0.0977. The summed E-state index contributed by atoms with van der Waals surface area (Å²) in [6, 6.07) is 13.6. The average molecular weight is 604 g/mol. The number of carbonyl (C=O) groups is 4. The van der Waals surface area contributed by atoms with E-state index in [1.54, 1.807) is 23.1 Å². The van der Waals surface area contributed by atoms with E-state index in [4.69, 9.17) is 9.22 Å². The number of carboxylic acids is 1. The van der Waals surface area contributed by atoms with Gasteiger partial charge in [-0.2, -0.15) is 0 Å². The molecule has 0 saturated carbocycles. The molecule has 0 atom stereocenters. The van der Waals surface area contributed by atoms with Crippen molar-refractivity contribution in [2.24, 2.45) is 0 Å². The second-order valence-corrected chi connectivity index (χ2v) is 15.0. The predicted molar refractivity (Wildman–Crippen MR) is 133 cm³/mol. The fraction of sp³-hybridized carbons (Fsp3) is 0.385. The van der Waals surface area contributed by atoms with E-state index in [1.807, 2.05) is 0 Å². The predicted octanol–water partition coefficient (Wildman–Crippen LogP) is 3.15. The first kappa shape index (κ1) is 27.7. The topological polar surface area (TPSA) is 119 Å². The molecule has 36 heavy (non-hydrogen) atoms. The van der Waals surface area contributed by atoms with E-state index in [0.717, 1.165) is 32.1 Å². The van der Waals surface area contributed by atoms with Gasteiger partial charge >= 0.3 is 216 Å². The standard InChI is InChI=1S/C12H23NO4.C7H6O2.C7H5O2.Sn/c1-2-3-4-5-6-7-8-13(9-11(14)15)10-12(16)17;2*8-7(9)6-4-2-1-3-5-6;/h2-10H2,1H3,(H,14,15)(H,16,17);1-5H,(H,8,9);1-4H,(H,8,9);/q;;;+3/p-3. The SMILES string of the molecule is CCCCCCCCN1CC(=O)[O][Sn]([O]C(=O)c2ccccc2)([c]2ccccc2C(=O)O)[O]C(=O)C1. The molecular formula is C26H31NO8Sn. The van der Waals surface area contributed by atoms with Gasteiger partial charge in [0.25, 0.3) is 0 Å². The molecule has 2 aromatic carbocycles. The zero-order valence-corrected chi connectivity index (χ0v) is 23.2. The molecule has 192 valence electrons. The average Bonchev–Trinajstić information content (AvgIpc) is 2.85. The van der Waals surface area contributed by atoms with Crippen molar-refractivity contribution in [3.8, 4) is 0 Å². The van der Waals surface area contributed by atoms with Crippen LogP contribution in [-0.4, -0.2) is 73.1 Å². The number of carbonyl (C=O) groups excluding carboxylic acids is 3. The molecule has 0 bridgehead atoms. The van der Waals surface area contributed by atoms with Crippen LogP contribution in [0.3, 0.4) is 0 Å². The van der Waals surface area contributed by atoms with Gasteiger partial charge in [0.1, 0.15) is 0 Å². The van der Waals surface area contributed by atoms with Gasteiger partial charge in [-0.05, 0) is 0 Å². The van der Waals surface area contributed by atoms with E-state index in [2.05, 4.69) is 6.92 Å². The van der Waals surface area contributed by atoms with E-state index in [-0.39, 0.29) is 27.8 Å². The van der Waals surface area contributed by atoms with Gasteiger partial charge < -0.3 is 0 Å². The molecule has 1 aliphatic rings. The Morgan fingerprint density at radius 1 is 0.889 bits per heavy atom. The van der Waals surface area contributed by atoms with Crippen LogP contribution in [0.15, 0.2) is 54.6 Å². The quantitative estimate of drug-likeness (QED) is 0.305. The Hall–Kier alpha value is -2.92. The first-order chi connectivity index (χ1) is 17.3. The van der Waals surface area contributed by atoms with Crippen LogP contribution in [0.5, 0.6) is 0 Å². The maximum absolute atomic E-state index is 13.0. The number of unbranched alkanes of at least 4 members (excludes halogenated alkanes) is 5. The third-order valence-electron chi connectivity index (χ3n) is 5.75. The van der Waals surface area contributed by atoms with Crippen molar-refractivity contribution in [1.82, 2.24) is 4.90 Å². The summed E-state index contributed by atoms with van der Waals surface area (Å²) < 4.78 is 17.0. The van der Waals surface area contributed by atoms with E-state index in [1.165, 1.54) is 42.8 Å². The summed E-state index contributed by atoms with van der Waals surface area (Å²) >= 11 is -5.67. The number of carboxylic acid groups (broad SMARTS) is 1. The van der Waals surface area contributed by atoms with Crippen LogP contribution in [0.25, 0.3) is 0 Å². The van der Waals surface area contributed by atoms with Gasteiger partial charge in [-0.15, -0.1) is 0 Å². The van der Waals surface area contributed by atoms with Gasteiger partial charge in [0.2, 0.25) is 0 Å². The van der Waals surface area contributed by atoms with Gasteiger partial charge in [0.05, 0.1) is 0 Å². The van der Waals surface area contributed by atoms with Crippen molar-refractivity contribution in [2.75, 3.05) is 19.6 Å². The van der Waals surface area contributed by atoms with Crippen molar-refractivity contribution in [1.29, 1.82) is 0 Å². The number of hydrogen-bond acceptors (Lipinski definition) is 8. The Morgan fingerprint density at radius 2 is 1.47 bits per heavy atom. The van der Waals surface area contributed by atoms with Crippen LogP contribution in [-0.2, 0) is 18.8 Å². The summed E-state index contributed by atoms with van der Waals surface area (Å²) in [6.07, 6.45) is 6.34. The molecule has 0 radical (unpaired) electrons. The molecule has 1 fully saturated rings. The first-order valence-corrected chi connectivity index (χ1v) is 17.0. The molecule has 9 nitrogen and oxygen atoms in total. The monoisotopic (exact) mass is 605 g/mol. The second kappa shape index (κ2) is 13.4. The Morgan fingerprint density at radius 3 is 2.11 bits per heavy atom. The van der Waals surface area contributed by atoms with Gasteiger partial charge in [-0.25, -0.2) is 0 Å².